The highest BCUT2D eigenvalue weighted by Gasteiger charge is 2.45. The number of hydrogen-bond acceptors (Lipinski definition) is 6. The van der Waals surface area contributed by atoms with Gasteiger partial charge in [-0.2, -0.15) is 0 Å². The van der Waals surface area contributed by atoms with E-state index in [9.17, 15) is 19.1 Å². The van der Waals surface area contributed by atoms with Crippen LogP contribution in [0.2, 0.25) is 0 Å². The molecule has 0 fully saturated rings. The minimum atomic E-state index is -1.87. The van der Waals surface area contributed by atoms with Gasteiger partial charge in [-0.3, -0.25) is 4.79 Å². The Labute approximate surface area is 182 Å². The van der Waals surface area contributed by atoms with Crippen molar-refractivity contribution in [3.8, 4) is 11.4 Å². The lowest BCUT2D eigenvalue weighted by Crippen LogP contribution is -2.44. The van der Waals surface area contributed by atoms with Gasteiger partial charge in [-0.05, 0) is 49.1 Å². The minimum absolute atomic E-state index is 0.0861. The molecule has 6 rings (SSSR count). The molecule has 5 heterocycles. The Hall–Kier alpha value is -3.10. The third kappa shape index (κ3) is 2.34. The molecule has 1 atom stereocenters. The Bertz CT molecular complexity index is 1430. The Morgan fingerprint density at radius 1 is 1.25 bits per heavy atom. The molecule has 0 radical (unpaired) electrons. The number of carbonyl (C=O) groups is 1. The van der Waals surface area contributed by atoms with Crippen LogP contribution < -0.4 is 10.9 Å². The van der Waals surface area contributed by atoms with Gasteiger partial charge in [0, 0.05) is 29.1 Å². The largest absolute Gasteiger partial charge is 0.458 e. The maximum absolute atomic E-state index is 14.7. The van der Waals surface area contributed by atoms with Crippen LogP contribution >= 0.6 is 0 Å². The average Bonchev–Trinajstić information content (AvgIpc) is 2.99. The van der Waals surface area contributed by atoms with Crippen molar-refractivity contribution in [2.24, 2.45) is 0 Å². The zero-order chi connectivity index (χ0) is 22.4. The SMILES string of the molecule is CC[C@@]1(O)C(=O)OCc2c1cc1n(c2=O)Cc2c-1nc1cc(F)c(C)c3c1c2CNCC3. The number of esters is 1. The fourth-order valence-electron chi connectivity index (χ4n) is 5.42. The van der Waals surface area contributed by atoms with Crippen molar-refractivity contribution in [1.82, 2.24) is 14.9 Å². The summed E-state index contributed by atoms with van der Waals surface area (Å²) in [6.07, 6.45) is 0.792. The van der Waals surface area contributed by atoms with Crippen LogP contribution in [0.5, 0.6) is 0 Å². The molecule has 8 heteroatoms. The van der Waals surface area contributed by atoms with Gasteiger partial charge in [0.1, 0.15) is 12.4 Å². The third-order valence-corrected chi connectivity index (χ3v) is 7.27. The lowest BCUT2D eigenvalue weighted by Gasteiger charge is -2.31. The van der Waals surface area contributed by atoms with E-state index in [0.29, 0.717) is 47.5 Å². The van der Waals surface area contributed by atoms with Crippen LogP contribution in [0.1, 0.15) is 46.7 Å². The lowest BCUT2D eigenvalue weighted by molar-refractivity contribution is -0.172. The highest BCUT2D eigenvalue weighted by Crippen LogP contribution is 2.41. The number of hydrogen-bond donors (Lipinski definition) is 2. The van der Waals surface area contributed by atoms with Crippen LogP contribution in [0, 0.1) is 12.7 Å². The first-order valence-electron chi connectivity index (χ1n) is 10.9. The predicted molar refractivity (Wildman–Crippen MR) is 115 cm³/mol. The number of ether oxygens (including phenoxy) is 1. The Kier molecular flexibility index (Phi) is 3.95. The quantitative estimate of drug-likeness (QED) is 0.445. The molecule has 0 bridgehead atoms. The molecule has 3 aliphatic heterocycles. The molecular formula is C24H22FN3O4. The summed E-state index contributed by atoms with van der Waals surface area (Å²) in [5, 5.41) is 15.4. The molecule has 0 saturated heterocycles. The van der Waals surface area contributed by atoms with E-state index in [1.807, 2.05) is 0 Å². The fraction of sp³-hybridized carbons (Fsp3) is 0.375. The second-order valence-corrected chi connectivity index (χ2v) is 8.80. The van der Waals surface area contributed by atoms with E-state index in [2.05, 4.69) is 5.32 Å². The van der Waals surface area contributed by atoms with Gasteiger partial charge >= 0.3 is 5.97 Å². The Morgan fingerprint density at radius 2 is 2.06 bits per heavy atom. The van der Waals surface area contributed by atoms with Crippen molar-refractivity contribution in [2.75, 3.05) is 6.54 Å². The molecule has 0 unspecified atom stereocenters. The molecule has 32 heavy (non-hydrogen) atoms. The highest BCUT2D eigenvalue weighted by molar-refractivity contribution is 5.92. The van der Waals surface area contributed by atoms with Crippen LogP contribution in [0.4, 0.5) is 4.39 Å². The van der Waals surface area contributed by atoms with E-state index in [-0.39, 0.29) is 30.0 Å². The smallest absolute Gasteiger partial charge is 0.343 e. The van der Waals surface area contributed by atoms with E-state index in [0.717, 1.165) is 28.6 Å². The maximum Gasteiger partial charge on any atom is 0.343 e. The lowest BCUT2D eigenvalue weighted by atomic mass is 9.86. The minimum Gasteiger partial charge on any atom is -0.458 e. The molecule has 1 aromatic carbocycles. The molecule has 3 aromatic rings. The van der Waals surface area contributed by atoms with Crippen molar-refractivity contribution in [3.05, 3.63) is 61.7 Å². The zero-order valence-corrected chi connectivity index (χ0v) is 17.8. The first kappa shape index (κ1) is 19.6. The monoisotopic (exact) mass is 435 g/mol. The molecule has 3 aliphatic rings. The van der Waals surface area contributed by atoms with Gasteiger partial charge in [0.25, 0.3) is 5.56 Å². The molecule has 0 saturated carbocycles. The summed E-state index contributed by atoms with van der Waals surface area (Å²) in [6, 6.07) is 3.15. The zero-order valence-electron chi connectivity index (χ0n) is 17.8. The standard InChI is InChI=1S/C24H22FN3O4/c1-3-24(31)16-6-19-21-14(9-28(19)22(29)15(16)10-32-23(24)30)13-8-26-5-4-12-11(2)17(25)7-18(27-21)20(12)13/h6-7,26,31H,3-5,8-10H2,1-2H3/t24-/m0/s1. The van der Waals surface area contributed by atoms with Gasteiger partial charge < -0.3 is 19.7 Å². The van der Waals surface area contributed by atoms with Crippen molar-refractivity contribution in [2.45, 2.75) is 52.0 Å². The first-order chi connectivity index (χ1) is 15.3. The summed E-state index contributed by atoms with van der Waals surface area (Å²) in [5.74, 6) is -1.05. The fourth-order valence-corrected chi connectivity index (χ4v) is 5.42. The van der Waals surface area contributed by atoms with Crippen LogP contribution in [-0.2, 0) is 41.2 Å². The van der Waals surface area contributed by atoms with E-state index in [1.165, 1.54) is 6.07 Å². The second kappa shape index (κ2) is 6.46. The predicted octanol–water partition coefficient (Wildman–Crippen LogP) is 2.17. The van der Waals surface area contributed by atoms with Gasteiger partial charge in [-0.15, -0.1) is 0 Å². The van der Waals surface area contributed by atoms with Gasteiger partial charge in [0.15, 0.2) is 5.60 Å². The molecule has 7 nitrogen and oxygen atoms in total. The van der Waals surface area contributed by atoms with Crippen LogP contribution in [0.25, 0.3) is 22.3 Å². The summed E-state index contributed by atoms with van der Waals surface area (Å²) in [4.78, 5) is 30.5. The van der Waals surface area contributed by atoms with Gasteiger partial charge in [-0.25, -0.2) is 14.2 Å². The van der Waals surface area contributed by atoms with E-state index < -0.39 is 11.6 Å². The van der Waals surface area contributed by atoms with Gasteiger partial charge in [0.05, 0.1) is 29.0 Å². The van der Waals surface area contributed by atoms with Crippen molar-refractivity contribution >= 4 is 16.9 Å². The number of aromatic nitrogens is 2. The molecule has 0 aliphatic carbocycles. The summed E-state index contributed by atoms with van der Waals surface area (Å²) in [5.41, 5.74) is 3.64. The third-order valence-electron chi connectivity index (χ3n) is 7.27. The molecular weight excluding hydrogens is 413 g/mol. The highest BCUT2D eigenvalue weighted by atomic mass is 19.1. The molecule has 2 N–H and O–H groups in total. The summed E-state index contributed by atoms with van der Waals surface area (Å²) >= 11 is 0. The number of fused-ring (bicyclic) bond motifs is 5. The van der Waals surface area contributed by atoms with Crippen LogP contribution in [0.3, 0.4) is 0 Å². The summed E-state index contributed by atoms with van der Waals surface area (Å²) < 4.78 is 21.5. The molecule has 2 aromatic heterocycles. The van der Waals surface area contributed by atoms with E-state index >= 15 is 0 Å². The van der Waals surface area contributed by atoms with Crippen molar-refractivity contribution < 1.29 is 19.0 Å². The van der Waals surface area contributed by atoms with E-state index in [1.54, 1.807) is 24.5 Å². The van der Waals surface area contributed by atoms with Crippen LogP contribution in [0.15, 0.2) is 16.9 Å². The van der Waals surface area contributed by atoms with Crippen molar-refractivity contribution in [1.29, 1.82) is 0 Å². The number of carbonyl (C=O) groups excluding carboxylic acids is 1. The number of pyridine rings is 2. The van der Waals surface area contributed by atoms with E-state index in [4.69, 9.17) is 9.72 Å². The maximum atomic E-state index is 14.7. The molecule has 0 amide bonds. The van der Waals surface area contributed by atoms with Crippen LogP contribution in [-0.4, -0.2) is 27.2 Å². The van der Waals surface area contributed by atoms with Gasteiger partial charge in [0.2, 0.25) is 0 Å². The number of nitrogens with one attached hydrogen (secondary N) is 1. The number of cyclic esters (lactones) is 1. The second-order valence-electron chi connectivity index (χ2n) is 8.80. The first-order valence-corrected chi connectivity index (χ1v) is 10.9. The normalized spacial score (nSPS) is 21.1. The Balaban J connectivity index is 1.68. The number of nitrogens with zero attached hydrogens (tertiary/aromatic N) is 2. The topological polar surface area (TPSA) is 93.5 Å². The summed E-state index contributed by atoms with van der Waals surface area (Å²) in [6.45, 7) is 4.97. The summed E-state index contributed by atoms with van der Waals surface area (Å²) in [7, 11) is 0. The van der Waals surface area contributed by atoms with Crippen molar-refractivity contribution in [3.63, 3.8) is 0 Å². The average molecular weight is 435 g/mol. The Morgan fingerprint density at radius 3 is 2.84 bits per heavy atom. The molecule has 164 valence electrons. The number of aliphatic hydroxyl groups is 1. The number of rotatable bonds is 1. The number of benzene rings is 1. The molecule has 0 spiro atoms. The van der Waals surface area contributed by atoms with Gasteiger partial charge in [-0.1, -0.05) is 6.92 Å². The number of halogens is 1.